The van der Waals surface area contributed by atoms with Crippen molar-refractivity contribution in [3.63, 3.8) is 0 Å². The highest BCUT2D eigenvalue weighted by Crippen LogP contribution is 2.48. The van der Waals surface area contributed by atoms with E-state index in [0.717, 1.165) is 57.1 Å². The molecule has 0 amide bonds. The van der Waals surface area contributed by atoms with Crippen LogP contribution in [-0.2, 0) is 27.1 Å². The first-order valence-electron chi connectivity index (χ1n) is 12.9. The lowest BCUT2D eigenvalue weighted by Crippen LogP contribution is -2.28. The van der Waals surface area contributed by atoms with E-state index in [-0.39, 0.29) is 36.8 Å². The Labute approximate surface area is 197 Å². The van der Waals surface area contributed by atoms with E-state index in [2.05, 4.69) is 13.0 Å². The van der Waals surface area contributed by atoms with E-state index in [1.165, 1.54) is 24.0 Å². The Morgan fingerprint density at radius 2 is 2.12 bits per heavy atom. The van der Waals surface area contributed by atoms with E-state index < -0.39 is 0 Å². The summed E-state index contributed by atoms with van der Waals surface area (Å²) in [4.78, 5) is 12.2. The quantitative estimate of drug-likeness (QED) is 0.386. The number of hydrogen-bond donors (Lipinski definition) is 2. The number of fused-ring (bicyclic) bond motifs is 2. The number of rotatable bonds is 11. The Kier molecular flexibility index (Phi) is 8.67. The lowest BCUT2D eigenvalue weighted by molar-refractivity contribution is -0.151. The molecule has 0 radical (unpaired) electrons. The molecule has 33 heavy (non-hydrogen) atoms. The molecule has 6 unspecified atom stereocenters. The van der Waals surface area contributed by atoms with Crippen molar-refractivity contribution in [2.24, 2.45) is 17.8 Å². The van der Waals surface area contributed by atoms with E-state index in [4.69, 9.17) is 14.2 Å². The van der Waals surface area contributed by atoms with Crippen LogP contribution in [0.15, 0.2) is 18.2 Å². The number of carbonyl (C=O) groups is 1. The zero-order valence-corrected chi connectivity index (χ0v) is 19.9. The van der Waals surface area contributed by atoms with Gasteiger partial charge in [-0.15, -0.1) is 0 Å². The lowest BCUT2D eigenvalue weighted by Gasteiger charge is -2.32. The summed E-state index contributed by atoms with van der Waals surface area (Å²) in [6.07, 6.45) is 8.57. The van der Waals surface area contributed by atoms with Crippen LogP contribution in [0, 0.1) is 17.8 Å². The van der Waals surface area contributed by atoms with Crippen LogP contribution in [0.2, 0.25) is 0 Å². The number of unbranched alkanes of at least 4 members (excludes halogenated alkanes) is 2. The number of aliphatic hydroxyl groups excluding tert-OH is 2. The summed E-state index contributed by atoms with van der Waals surface area (Å²) >= 11 is 0. The molecule has 6 nitrogen and oxygen atoms in total. The second-order valence-corrected chi connectivity index (χ2v) is 10.2. The molecule has 4 rings (SSSR count). The molecule has 1 aromatic carbocycles. The van der Waals surface area contributed by atoms with Gasteiger partial charge in [0.25, 0.3) is 0 Å². The van der Waals surface area contributed by atoms with Crippen molar-refractivity contribution < 1.29 is 29.2 Å². The molecule has 2 fully saturated rings. The molecule has 0 bridgehead atoms. The van der Waals surface area contributed by atoms with Crippen molar-refractivity contribution in [3.8, 4) is 5.75 Å². The topological polar surface area (TPSA) is 85.2 Å². The highest BCUT2D eigenvalue weighted by molar-refractivity contribution is 5.71. The first-order chi connectivity index (χ1) is 16.0. The average molecular weight is 461 g/mol. The maximum absolute atomic E-state index is 12.2. The zero-order valence-electron chi connectivity index (χ0n) is 19.9. The molecule has 6 atom stereocenters. The van der Waals surface area contributed by atoms with E-state index in [0.29, 0.717) is 25.0 Å². The van der Waals surface area contributed by atoms with Crippen molar-refractivity contribution in [2.45, 2.75) is 89.4 Å². The van der Waals surface area contributed by atoms with Crippen molar-refractivity contribution in [1.82, 2.24) is 0 Å². The molecule has 1 saturated carbocycles. The zero-order chi connectivity index (χ0) is 23.2. The third-order valence-corrected chi connectivity index (χ3v) is 7.85. The third-order valence-electron chi connectivity index (χ3n) is 7.85. The number of carbonyl (C=O) groups excluding carboxylic acids is 1. The molecule has 1 heterocycles. The van der Waals surface area contributed by atoms with E-state index >= 15 is 0 Å². The highest BCUT2D eigenvalue weighted by Gasteiger charge is 2.44. The van der Waals surface area contributed by atoms with Gasteiger partial charge in [-0.3, -0.25) is 0 Å². The van der Waals surface area contributed by atoms with Crippen LogP contribution >= 0.6 is 0 Å². The second kappa shape index (κ2) is 11.7. The summed E-state index contributed by atoms with van der Waals surface area (Å²) in [6.45, 7) is 3.19. The highest BCUT2D eigenvalue weighted by atomic mass is 16.6. The van der Waals surface area contributed by atoms with Crippen LogP contribution in [0.5, 0.6) is 5.75 Å². The Balaban J connectivity index is 1.33. The predicted octanol–water partition coefficient (Wildman–Crippen LogP) is 3.83. The molecule has 0 aromatic heterocycles. The van der Waals surface area contributed by atoms with Gasteiger partial charge in [-0.1, -0.05) is 38.3 Å². The maximum atomic E-state index is 12.2. The number of ether oxygens (including phenoxy) is 3. The minimum atomic E-state index is -0.356. The number of aliphatic hydroxyl groups is 2. The van der Waals surface area contributed by atoms with Gasteiger partial charge < -0.3 is 24.4 Å². The Morgan fingerprint density at radius 1 is 1.24 bits per heavy atom. The standard InChI is InChI=1S/C27H40O6/c1-2-3-4-7-20(28)9-10-22-23-13-18-6-5-8-26(24(18)14-19(23)15-25(22)29)32-17-27(30)33-21-11-12-31-16-21/h5-6,8,19-23,25,28-29H,2-4,7,9-17H2,1H3. The Bertz CT molecular complexity index is 774. The van der Waals surface area contributed by atoms with Gasteiger partial charge in [0, 0.05) is 6.42 Å². The fourth-order valence-corrected chi connectivity index (χ4v) is 6.06. The molecule has 184 valence electrons. The van der Waals surface area contributed by atoms with Gasteiger partial charge in [0.05, 0.1) is 25.4 Å². The van der Waals surface area contributed by atoms with Crippen molar-refractivity contribution in [3.05, 3.63) is 29.3 Å². The summed E-state index contributed by atoms with van der Waals surface area (Å²) in [6, 6.07) is 6.07. The second-order valence-electron chi connectivity index (χ2n) is 10.2. The SMILES string of the molecule is CCCCCC(O)CCC1C(O)CC2Cc3c(cccc3OCC(=O)OC3CCOC3)CC21. The summed E-state index contributed by atoms with van der Waals surface area (Å²) in [5.41, 5.74) is 2.43. The monoisotopic (exact) mass is 460 g/mol. The molecule has 6 heteroatoms. The lowest BCUT2D eigenvalue weighted by atomic mass is 9.73. The number of esters is 1. The van der Waals surface area contributed by atoms with Crippen molar-refractivity contribution in [2.75, 3.05) is 19.8 Å². The van der Waals surface area contributed by atoms with Crippen molar-refractivity contribution in [1.29, 1.82) is 0 Å². The Hall–Kier alpha value is -1.63. The molecule has 1 aromatic rings. The normalized spacial score (nSPS) is 29.4. The fraction of sp³-hybridized carbons (Fsp3) is 0.741. The molecule has 2 N–H and O–H groups in total. The van der Waals surface area contributed by atoms with Crippen LogP contribution in [0.4, 0.5) is 0 Å². The summed E-state index contributed by atoms with van der Waals surface area (Å²) < 4.78 is 16.6. The largest absolute Gasteiger partial charge is 0.482 e. The van der Waals surface area contributed by atoms with Crippen LogP contribution in [0.3, 0.4) is 0 Å². The van der Waals surface area contributed by atoms with Gasteiger partial charge in [-0.2, -0.15) is 0 Å². The van der Waals surface area contributed by atoms with Gasteiger partial charge in [0.2, 0.25) is 0 Å². The van der Waals surface area contributed by atoms with Crippen LogP contribution in [0.25, 0.3) is 0 Å². The number of benzene rings is 1. The minimum absolute atomic E-state index is 0.0950. The van der Waals surface area contributed by atoms with Gasteiger partial charge in [0.15, 0.2) is 6.61 Å². The first kappa shape index (κ1) is 24.5. The molecule has 1 aliphatic heterocycles. The maximum Gasteiger partial charge on any atom is 0.344 e. The predicted molar refractivity (Wildman–Crippen MR) is 125 cm³/mol. The molecule has 1 saturated heterocycles. The van der Waals surface area contributed by atoms with Gasteiger partial charge in [0.1, 0.15) is 11.9 Å². The van der Waals surface area contributed by atoms with Crippen LogP contribution in [0.1, 0.15) is 69.4 Å². The van der Waals surface area contributed by atoms with Gasteiger partial charge in [-0.05, 0) is 73.5 Å². The van der Waals surface area contributed by atoms with E-state index in [9.17, 15) is 15.0 Å². The Morgan fingerprint density at radius 3 is 2.91 bits per heavy atom. The number of hydrogen-bond acceptors (Lipinski definition) is 6. The molecular formula is C27H40O6. The van der Waals surface area contributed by atoms with Crippen molar-refractivity contribution >= 4 is 5.97 Å². The fourth-order valence-electron chi connectivity index (χ4n) is 6.06. The van der Waals surface area contributed by atoms with E-state index in [1.807, 2.05) is 12.1 Å². The summed E-state index contributed by atoms with van der Waals surface area (Å²) in [5.74, 6) is 1.51. The summed E-state index contributed by atoms with van der Waals surface area (Å²) in [7, 11) is 0. The minimum Gasteiger partial charge on any atom is -0.482 e. The van der Waals surface area contributed by atoms with Gasteiger partial charge in [-0.25, -0.2) is 4.79 Å². The van der Waals surface area contributed by atoms with Crippen LogP contribution < -0.4 is 4.74 Å². The molecule has 2 aliphatic carbocycles. The average Bonchev–Trinajstić information content (AvgIpc) is 3.41. The summed E-state index contributed by atoms with van der Waals surface area (Å²) in [5, 5.41) is 21.2. The van der Waals surface area contributed by atoms with Crippen LogP contribution in [-0.4, -0.2) is 54.3 Å². The van der Waals surface area contributed by atoms with Gasteiger partial charge >= 0.3 is 5.97 Å². The molecule has 3 aliphatic rings. The molecule has 0 spiro atoms. The van der Waals surface area contributed by atoms with E-state index in [1.54, 1.807) is 0 Å². The third kappa shape index (κ3) is 6.28. The smallest absolute Gasteiger partial charge is 0.344 e. The first-order valence-corrected chi connectivity index (χ1v) is 12.9. The molecular weight excluding hydrogens is 420 g/mol.